The van der Waals surface area contributed by atoms with Gasteiger partial charge in [0.2, 0.25) is 5.88 Å². The lowest BCUT2D eigenvalue weighted by Gasteiger charge is -2.33. The molecule has 3 aromatic rings. The molecule has 2 aromatic carbocycles. The minimum Gasteiger partial charge on any atom is -0.474 e. The minimum absolute atomic E-state index is 0.0750. The number of carbonyl (C=O) groups is 1. The van der Waals surface area contributed by atoms with Crippen molar-refractivity contribution in [1.29, 1.82) is 0 Å². The maximum Gasteiger partial charge on any atom is 0.416 e. The van der Waals surface area contributed by atoms with Crippen molar-refractivity contribution >= 4 is 11.5 Å². The molecule has 0 unspecified atom stereocenters. The van der Waals surface area contributed by atoms with E-state index in [1.165, 1.54) is 24.3 Å². The molecule has 0 radical (unpaired) electrons. The standard InChI is InChI=1S/C31H33F4N3O2/c32-26-5-1-23(2-6-26)21-37-15-10-22(11-16-37)19-29(39)24-9-14-36-30(20-24)40-28-12-17-38(18-13-28)27-7-3-25(4-8-27)31(33,34)35/h1-9,14,20,22,28H,10-13,15-19,21H2. The molecule has 0 atom stereocenters. The number of hydrogen-bond acceptors (Lipinski definition) is 5. The first-order valence-corrected chi connectivity index (χ1v) is 13.8. The molecule has 0 aliphatic carbocycles. The Morgan fingerprint density at radius 3 is 2.23 bits per heavy atom. The molecule has 0 amide bonds. The zero-order valence-electron chi connectivity index (χ0n) is 22.2. The van der Waals surface area contributed by atoms with E-state index in [0.717, 1.165) is 55.9 Å². The predicted octanol–water partition coefficient (Wildman–Crippen LogP) is 6.77. The summed E-state index contributed by atoms with van der Waals surface area (Å²) in [5.41, 5.74) is 1.80. The lowest BCUT2D eigenvalue weighted by atomic mass is 9.90. The van der Waals surface area contributed by atoms with E-state index in [2.05, 4.69) is 14.8 Å². The number of Topliss-reactive ketones (excluding diaryl/α,β-unsaturated/α-hetero) is 1. The van der Waals surface area contributed by atoms with Gasteiger partial charge in [0.1, 0.15) is 11.9 Å². The number of aromatic nitrogens is 1. The monoisotopic (exact) mass is 555 g/mol. The van der Waals surface area contributed by atoms with Crippen LogP contribution < -0.4 is 9.64 Å². The van der Waals surface area contributed by atoms with Gasteiger partial charge in [0.05, 0.1) is 5.56 Å². The van der Waals surface area contributed by atoms with Crippen molar-refractivity contribution in [2.24, 2.45) is 5.92 Å². The molecule has 1 aromatic heterocycles. The molecule has 3 heterocycles. The van der Waals surface area contributed by atoms with Crippen molar-refractivity contribution in [2.45, 2.75) is 50.9 Å². The highest BCUT2D eigenvalue weighted by Gasteiger charge is 2.30. The van der Waals surface area contributed by atoms with Gasteiger partial charge < -0.3 is 9.64 Å². The summed E-state index contributed by atoms with van der Waals surface area (Å²) < 4.78 is 57.8. The van der Waals surface area contributed by atoms with Gasteiger partial charge in [-0.1, -0.05) is 12.1 Å². The summed E-state index contributed by atoms with van der Waals surface area (Å²) in [4.78, 5) is 21.7. The highest BCUT2D eigenvalue weighted by atomic mass is 19.4. The molecule has 5 rings (SSSR count). The van der Waals surface area contributed by atoms with E-state index >= 15 is 0 Å². The van der Waals surface area contributed by atoms with Crippen molar-refractivity contribution in [1.82, 2.24) is 9.88 Å². The van der Waals surface area contributed by atoms with Crippen LogP contribution in [0.25, 0.3) is 0 Å². The first kappa shape index (κ1) is 28.1. The predicted molar refractivity (Wildman–Crippen MR) is 145 cm³/mol. The van der Waals surface area contributed by atoms with Crippen LogP contribution in [0.2, 0.25) is 0 Å². The number of alkyl halides is 3. The number of benzene rings is 2. The molecular weight excluding hydrogens is 522 g/mol. The summed E-state index contributed by atoms with van der Waals surface area (Å²) in [6, 6.07) is 15.3. The van der Waals surface area contributed by atoms with Crippen molar-refractivity contribution in [3.05, 3.63) is 89.4 Å². The molecular formula is C31H33F4N3O2. The Kier molecular flexibility index (Phi) is 8.69. The maximum atomic E-state index is 13.1. The molecule has 0 spiro atoms. The molecule has 2 fully saturated rings. The number of hydrogen-bond donors (Lipinski definition) is 0. The number of carbonyl (C=O) groups excluding carboxylic acids is 1. The Bertz CT molecular complexity index is 1260. The fourth-order valence-electron chi connectivity index (χ4n) is 5.49. The lowest BCUT2D eigenvalue weighted by molar-refractivity contribution is -0.137. The Morgan fingerprint density at radius 2 is 1.57 bits per heavy atom. The summed E-state index contributed by atoms with van der Waals surface area (Å²) in [5.74, 6) is 0.603. The van der Waals surface area contributed by atoms with Crippen LogP contribution >= 0.6 is 0 Å². The summed E-state index contributed by atoms with van der Waals surface area (Å²) in [7, 11) is 0. The largest absolute Gasteiger partial charge is 0.474 e. The molecule has 40 heavy (non-hydrogen) atoms. The first-order valence-electron chi connectivity index (χ1n) is 13.8. The Balaban J connectivity index is 1.07. The second-order valence-corrected chi connectivity index (χ2v) is 10.7. The number of piperidine rings is 2. The zero-order valence-corrected chi connectivity index (χ0v) is 22.2. The van der Waals surface area contributed by atoms with E-state index in [9.17, 15) is 22.4 Å². The van der Waals surface area contributed by atoms with Crippen LogP contribution in [0.15, 0.2) is 66.9 Å². The van der Waals surface area contributed by atoms with Gasteiger partial charge in [-0.15, -0.1) is 0 Å². The molecule has 0 N–H and O–H groups in total. The van der Waals surface area contributed by atoms with Gasteiger partial charge in [-0.2, -0.15) is 13.2 Å². The van der Waals surface area contributed by atoms with Crippen molar-refractivity contribution in [2.75, 3.05) is 31.1 Å². The van der Waals surface area contributed by atoms with Gasteiger partial charge in [0.15, 0.2) is 5.78 Å². The van der Waals surface area contributed by atoms with Gasteiger partial charge in [0, 0.05) is 62.4 Å². The second-order valence-electron chi connectivity index (χ2n) is 10.7. The highest BCUT2D eigenvalue weighted by molar-refractivity contribution is 5.96. The van der Waals surface area contributed by atoms with Crippen LogP contribution in [0.4, 0.5) is 23.2 Å². The van der Waals surface area contributed by atoms with Crippen LogP contribution in [0, 0.1) is 11.7 Å². The number of nitrogens with zero attached hydrogens (tertiary/aromatic N) is 3. The Morgan fingerprint density at radius 1 is 0.900 bits per heavy atom. The number of rotatable bonds is 8. The van der Waals surface area contributed by atoms with Crippen molar-refractivity contribution < 1.29 is 27.1 Å². The third-order valence-electron chi connectivity index (χ3n) is 7.85. The number of ketones is 1. The van der Waals surface area contributed by atoms with E-state index < -0.39 is 11.7 Å². The van der Waals surface area contributed by atoms with E-state index in [1.807, 2.05) is 12.1 Å². The van der Waals surface area contributed by atoms with Crippen molar-refractivity contribution in [3.63, 3.8) is 0 Å². The summed E-state index contributed by atoms with van der Waals surface area (Å²) in [6.45, 7) is 3.93. The van der Waals surface area contributed by atoms with Crippen LogP contribution in [0.5, 0.6) is 5.88 Å². The van der Waals surface area contributed by atoms with Gasteiger partial charge in [-0.3, -0.25) is 9.69 Å². The van der Waals surface area contributed by atoms with Gasteiger partial charge >= 0.3 is 6.18 Å². The average molecular weight is 556 g/mol. The number of ether oxygens (including phenoxy) is 1. The van der Waals surface area contributed by atoms with Gasteiger partial charge in [-0.25, -0.2) is 9.37 Å². The summed E-state index contributed by atoms with van der Waals surface area (Å²) >= 11 is 0. The van der Waals surface area contributed by atoms with Crippen molar-refractivity contribution in [3.8, 4) is 5.88 Å². The van der Waals surface area contributed by atoms with Gasteiger partial charge in [-0.05, 0) is 79.9 Å². The quantitative estimate of drug-likeness (QED) is 0.227. The second kappa shape index (κ2) is 12.4. The molecule has 2 aliphatic rings. The van der Waals surface area contributed by atoms with Crippen LogP contribution in [-0.4, -0.2) is 48.0 Å². The smallest absolute Gasteiger partial charge is 0.416 e. The normalized spacial score (nSPS) is 17.6. The third-order valence-corrected chi connectivity index (χ3v) is 7.85. The zero-order chi connectivity index (χ0) is 28.1. The number of likely N-dealkylation sites (tertiary alicyclic amines) is 1. The molecule has 212 valence electrons. The van der Waals surface area contributed by atoms with E-state index in [0.29, 0.717) is 49.7 Å². The molecule has 0 saturated carbocycles. The Hall–Kier alpha value is -3.46. The Labute approximate surface area is 231 Å². The van der Waals surface area contributed by atoms with E-state index in [-0.39, 0.29) is 17.7 Å². The molecule has 5 nitrogen and oxygen atoms in total. The fraction of sp³-hybridized carbons (Fsp3) is 0.419. The molecule has 9 heteroatoms. The number of anilines is 1. The third kappa shape index (κ3) is 7.38. The lowest BCUT2D eigenvalue weighted by Crippen LogP contribution is -2.38. The molecule has 0 bridgehead atoms. The topological polar surface area (TPSA) is 45.7 Å². The molecule has 2 saturated heterocycles. The van der Waals surface area contributed by atoms with E-state index in [4.69, 9.17) is 4.74 Å². The molecule has 2 aliphatic heterocycles. The van der Waals surface area contributed by atoms with Crippen LogP contribution in [-0.2, 0) is 12.7 Å². The number of pyridine rings is 1. The highest BCUT2D eigenvalue weighted by Crippen LogP contribution is 2.31. The summed E-state index contributed by atoms with van der Waals surface area (Å²) in [6.07, 6.45) is 0.970. The average Bonchev–Trinajstić information content (AvgIpc) is 2.95. The SMILES string of the molecule is O=C(CC1CCN(Cc2ccc(F)cc2)CC1)c1ccnc(OC2CCN(c3ccc(C(F)(F)F)cc3)CC2)c1. The number of halogens is 4. The van der Waals surface area contributed by atoms with E-state index in [1.54, 1.807) is 18.3 Å². The van der Waals surface area contributed by atoms with Crippen LogP contribution in [0.1, 0.15) is 53.6 Å². The summed E-state index contributed by atoms with van der Waals surface area (Å²) in [5, 5.41) is 0. The van der Waals surface area contributed by atoms with Gasteiger partial charge in [0.25, 0.3) is 0 Å². The maximum absolute atomic E-state index is 13.1. The fourth-order valence-corrected chi connectivity index (χ4v) is 5.49. The first-order chi connectivity index (χ1) is 19.2. The van der Waals surface area contributed by atoms with Crippen LogP contribution in [0.3, 0.4) is 0 Å². The minimum atomic E-state index is -4.34.